The van der Waals surface area contributed by atoms with Gasteiger partial charge < -0.3 is 14.5 Å². The minimum atomic E-state index is -0.342. The maximum Gasteiger partial charge on any atom is 0.307 e. The number of amides is 1. The van der Waals surface area contributed by atoms with Gasteiger partial charge in [0, 0.05) is 31.5 Å². The van der Waals surface area contributed by atoms with Crippen LogP contribution in [0.1, 0.15) is 36.0 Å². The molecule has 0 aliphatic carbocycles. The van der Waals surface area contributed by atoms with E-state index in [0.717, 1.165) is 13.0 Å². The highest BCUT2D eigenvalue weighted by atomic mass is 16.5. The fourth-order valence-corrected chi connectivity index (χ4v) is 2.41. The third-order valence-corrected chi connectivity index (χ3v) is 3.86. The minimum absolute atomic E-state index is 0.0461. The SMILES string of the molecule is COC(=O)CCN(CCCN(C)C)C(=O)CCC(=O)c1ccccc1. The predicted molar refractivity (Wildman–Crippen MR) is 96.4 cm³/mol. The highest BCUT2D eigenvalue weighted by Crippen LogP contribution is 2.08. The number of carbonyl (C=O) groups is 3. The van der Waals surface area contributed by atoms with Crippen LogP contribution in [0.15, 0.2) is 30.3 Å². The Kier molecular flexibility index (Phi) is 9.47. The lowest BCUT2D eigenvalue weighted by Gasteiger charge is -2.23. The van der Waals surface area contributed by atoms with E-state index in [2.05, 4.69) is 4.74 Å². The summed E-state index contributed by atoms with van der Waals surface area (Å²) in [6.45, 7) is 1.73. The van der Waals surface area contributed by atoms with Crippen molar-refractivity contribution in [2.24, 2.45) is 0 Å². The molecule has 0 N–H and O–H groups in total. The number of Topliss-reactive ketones (excluding diaryl/α,β-unsaturated/α-hetero) is 1. The number of ether oxygens (including phenoxy) is 1. The first-order valence-corrected chi connectivity index (χ1v) is 8.51. The van der Waals surface area contributed by atoms with Gasteiger partial charge in [-0.05, 0) is 27.1 Å². The Bertz CT molecular complexity index is 558. The number of nitrogens with zero attached hydrogens (tertiary/aromatic N) is 2. The van der Waals surface area contributed by atoms with Crippen molar-refractivity contribution in [1.82, 2.24) is 9.80 Å². The summed E-state index contributed by atoms with van der Waals surface area (Å²) in [7, 11) is 5.28. The second kappa shape index (κ2) is 11.4. The summed E-state index contributed by atoms with van der Waals surface area (Å²) in [6.07, 6.45) is 1.30. The van der Waals surface area contributed by atoms with Crippen LogP contribution in [0.5, 0.6) is 0 Å². The van der Waals surface area contributed by atoms with Gasteiger partial charge >= 0.3 is 5.97 Å². The molecule has 1 aromatic rings. The lowest BCUT2D eigenvalue weighted by molar-refractivity contribution is -0.141. The molecule has 0 unspecified atom stereocenters. The van der Waals surface area contributed by atoms with Gasteiger partial charge in [0.1, 0.15) is 0 Å². The maximum atomic E-state index is 12.5. The number of rotatable bonds is 11. The van der Waals surface area contributed by atoms with Crippen LogP contribution >= 0.6 is 0 Å². The molecule has 25 heavy (non-hydrogen) atoms. The molecule has 0 saturated carbocycles. The molecule has 0 aromatic heterocycles. The zero-order valence-corrected chi connectivity index (χ0v) is 15.4. The first-order chi connectivity index (χ1) is 11.9. The van der Waals surface area contributed by atoms with E-state index in [1.54, 1.807) is 29.2 Å². The molecule has 138 valence electrons. The molecule has 0 saturated heterocycles. The molecule has 0 aliphatic heterocycles. The van der Waals surface area contributed by atoms with Crippen molar-refractivity contribution in [1.29, 1.82) is 0 Å². The van der Waals surface area contributed by atoms with E-state index in [1.165, 1.54) is 7.11 Å². The van der Waals surface area contributed by atoms with Gasteiger partial charge in [-0.25, -0.2) is 0 Å². The summed E-state index contributed by atoms with van der Waals surface area (Å²) < 4.78 is 4.64. The van der Waals surface area contributed by atoms with Gasteiger partial charge in [-0.15, -0.1) is 0 Å². The second-order valence-corrected chi connectivity index (χ2v) is 6.15. The monoisotopic (exact) mass is 348 g/mol. The Hall–Kier alpha value is -2.21. The zero-order valence-electron chi connectivity index (χ0n) is 15.4. The van der Waals surface area contributed by atoms with Crippen molar-refractivity contribution in [3.05, 3.63) is 35.9 Å². The van der Waals surface area contributed by atoms with E-state index in [1.807, 2.05) is 25.1 Å². The van der Waals surface area contributed by atoms with E-state index in [-0.39, 0.29) is 36.9 Å². The van der Waals surface area contributed by atoms with Crippen LogP contribution in [-0.4, -0.2) is 68.3 Å². The quantitative estimate of drug-likeness (QED) is 0.452. The number of hydrogen-bond donors (Lipinski definition) is 0. The summed E-state index contributed by atoms with van der Waals surface area (Å²) >= 11 is 0. The highest BCUT2D eigenvalue weighted by Gasteiger charge is 2.17. The number of esters is 1. The van der Waals surface area contributed by atoms with Gasteiger partial charge in [0.2, 0.25) is 5.91 Å². The van der Waals surface area contributed by atoms with Crippen LogP contribution in [0.3, 0.4) is 0 Å². The van der Waals surface area contributed by atoms with E-state index in [4.69, 9.17) is 0 Å². The average Bonchev–Trinajstić information content (AvgIpc) is 2.62. The summed E-state index contributed by atoms with van der Waals surface area (Å²) in [5.74, 6) is -0.493. The molecular weight excluding hydrogens is 320 g/mol. The Balaban J connectivity index is 2.54. The summed E-state index contributed by atoms with van der Waals surface area (Å²) in [4.78, 5) is 39.6. The van der Waals surface area contributed by atoms with Crippen molar-refractivity contribution < 1.29 is 19.1 Å². The Labute approximate surface area is 149 Å². The summed E-state index contributed by atoms with van der Waals surface area (Å²) in [6, 6.07) is 8.96. The lowest BCUT2D eigenvalue weighted by Crippen LogP contribution is -2.35. The van der Waals surface area contributed by atoms with Gasteiger partial charge in [-0.1, -0.05) is 30.3 Å². The minimum Gasteiger partial charge on any atom is -0.469 e. The van der Waals surface area contributed by atoms with Crippen molar-refractivity contribution in [2.75, 3.05) is 40.8 Å². The van der Waals surface area contributed by atoms with Crippen molar-refractivity contribution in [3.63, 3.8) is 0 Å². The third kappa shape index (κ3) is 8.44. The first kappa shape index (κ1) is 20.8. The van der Waals surface area contributed by atoms with E-state index in [0.29, 0.717) is 18.7 Å². The number of methoxy groups -OCH3 is 1. The molecule has 1 aromatic carbocycles. The fourth-order valence-electron chi connectivity index (χ4n) is 2.41. The molecule has 0 atom stereocenters. The number of ketones is 1. The van der Waals surface area contributed by atoms with Crippen LogP contribution in [-0.2, 0) is 14.3 Å². The maximum absolute atomic E-state index is 12.5. The fraction of sp³-hybridized carbons (Fsp3) is 0.526. The molecule has 0 bridgehead atoms. The lowest BCUT2D eigenvalue weighted by atomic mass is 10.1. The molecular formula is C19H28N2O4. The number of carbonyl (C=O) groups excluding carboxylic acids is 3. The van der Waals surface area contributed by atoms with Crippen LogP contribution in [0.2, 0.25) is 0 Å². The molecule has 0 spiro atoms. The standard InChI is InChI=1S/C19H28N2O4/c1-20(2)13-7-14-21(15-12-19(24)25-3)18(23)11-10-17(22)16-8-5-4-6-9-16/h4-6,8-9H,7,10-15H2,1-3H3. The normalized spacial score (nSPS) is 10.6. The van der Waals surface area contributed by atoms with Crippen molar-refractivity contribution >= 4 is 17.7 Å². The van der Waals surface area contributed by atoms with E-state index >= 15 is 0 Å². The van der Waals surface area contributed by atoms with Crippen molar-refractivity contribution in [2.45, 2.75) is 25.7 Å². The highest BCUT2D eigenvalue weighted by molar-refractivity contribution is 5.97. The summed E-state index contributed by atoms with van der Waals surface area (Å²) in [5.41, 5.74) is 0.615. The van der Waals surface area contributed by atoms with Gasteiger partial charge in [-0.2, -0.15) is 0 Å². The van der Waals surface area contributed by atoms with Crippen LogP contribution in [0.4, 0.5) is 0 Å². The van der Waals surface area contributed by atoms with E-state index in [9.17, 15) is 14.4 Å². The Morgan fingerprint density at radius 3 is 2.20 bits per heavy atom. The zero-order chi connectivity index (χ0) is 18.7. The molecule has 0 aliphatic rings. The van der Waals surface area contributed by atoms with Crippen LogP contribution in [0.25, 0.3) is 0 Å². The molecule has 1 amide bonds. The number of hydrogen-bond acceptors (Lipinski definition) is 5. The van der Waals surface area contributed by atoms with Crippen molar-refractivity contribution in [3.8, 4) is 0 Å². The summed E-state index contributed by atoms with van der Waals surface area (Å²) in [5, 5.41) is 0. The van der Waals surface area contributed by atoms with Crippen LogP contribution in [0, 0.1) is 0 Å². The van der Waals surface area contributed by atoms with Gasteiger partial charge in [-0.3, -0.25) is 14.4 Å². The largest absolute Gasteiger partial charge is 0.469 e. The molecule has 1 rings (SSSR count). The molecule has 6 nitrogen and oxygen atoms in total. The molecule has 0 radical (unpaired) electrons. The van der Waals surface area contributed by atoms with E-state index < -0.39 is 0 Å². The Morgan fingerprint density at radius 1 is 0.920 bits per heavy atom. The molecule has 0 fully saturated rings. The topological polar surface area (TPSA) is 66.9 Å². The predicted octanol–water partition coefficient (Wildman–Crippen LogP) is 1.99. The molecule has 6 heteroatoms. The number of benzene rings is 1. The van der Waals surface area contributed by atoms with Crippen LogP contribution < -0.4 is 0 Å². The smallest absolute Gasteiger partial charge is 0.307 e. The first-order valence-electron chi connectivity index (χ1n) is 8.51. The average molecular weight is 348 g/mol. The van der Waals surface area contributed by atoms with Gasteiger partial charge in [0.15, 0.2) is 5.78 Å². The Morgan fingerprint density at radius 2 is 1.60 bits per heavy atom. The molecule has 0 heterocycles. The third-order valence-electron chi connectivity index (χ3n) is 3.86. The van der Waals surface area contributed by atoms with Gasteiger partial charge in [0.25, 0.3) is 0 Å². The second-order valence-electron chi connectivity index (χ2n) is 6.15. The van der Waals surface area contributed by atoms with Gasteiger partial charge in [0.05, 0.1) is 13.5 Å².